The maximum absolute atomic E-state index is 13.1. The van der Waals surface area contributed by atoms with E-state index in [-0.39, 0.29) is 5.75 Å². The number of hydrogen-bond donors (Lipinski definition) is 3. The molecule has 0 aliphatic carbocycles. The van der Waals surface area contributed by atoms with Crippen LogP contribution in [0.2, 0.25) is 0 Å². The third-order valence-corrected chi connectivity index (χ3v) is 4.80. The summed E-state index contributed by atoms with van der Waals surface area (Å²) in [6, 6.07) is 5.15. The molecule has 23 heavy (non-hydrogen) atoms. The van der Waals surface area contributed by atoms with E-state index in [2.05, 4.69) is 15.4 Å². The molecule has 2 rings (SSSR count). The average molecular weight is 347 g/mol. The van der Waals surface area contributed by atoms with Crippen LogP contribution in [0.4, 0.5) is 20.2 Å². The molecular weight excluding hydrogens is 328 g/mol. The van der Waals surface area contributed by atoms with Gasteiger partial charge in [-0.2, -0.15) is 0 Å². The maximum Gasteiger partial charge on any atom is 0.262 e. The molecule has 1 saturated heterocycles. The fourth-order valence-electron chi connectivity index (χ4n) is 2.29. The first-order chi connectivity index (χ1) is 10.7. The van der Waals surface area contributed by atoms with Gasteiger partial charge in [0, 0.05) is 12.1 Å². The lowest BCUT2D eigenvalue weighted by molar-refractivity contribution is -0.118. The molecule has 1 amide bonds. The third kappa shape index (κ3) is 5.14. The number of anilines is 2. The van der Waals surface area contributed by atoms with Crippen LogP contribution >= 0.6 is 0 Å². The summed E-state index contributed by atoms with van der Waals surface area (Å²) in [5, 5.41) is 4.97. The van der Waals surface area contributed by atoms with E-state index in [1.54, 1.807) is 25.1 Å². The van der Waals surface area contributed by atoms with Crippen molar-refractivity contribution in [3.05, 3.63) is 24.3 Å². The molecule has 1 aromatic carbocycles. The smallest absolute Gasteiger partial charge is 0.262 e. The molecule has 0 radical (unpaired) electrons. The average Bonchev–Trinajstić information content (AvgIpc) is 2.79. The highest BCUT2D eigenvalue weighted by Gasteiger charge is 2.42. The Hall–Kier alpha value is -1.74. The first-order valence-corrected chi connectivity index (χ1v) is 8.89. The van der Waals surface area contributed by atoms with Gasteiger partial charge in [0.25, 0.3) is 5.92 Å². The van der Waals surface area contributed by atoms with Crippen LogP contribution in [0, 0.1) is 0 Å². The number of halogens is 2. The van der Waals surface area contributed by atoms with Crippen molar-refractivity contribution in [3.63, 3.8) is 0 Å². The number of rotatable bonds is 6. The van der Waals surface area contributed by atoms with E-state index in [9.17, 15) is 22.0 Å². The Kier molecular flexibility index (Phi) is 5.20. The SMILES string of the molecule is CCCS(=O)(=O)Nc1cccc(NC(=O)C2CC(F)(F)CN2)c1. The fraction of sp³-hybridized carbons (Fsp3) is 0.500. The van der Waals surface area contributed by atoms with Crippen LogP contribution in [-0.2, 0) is 14.8 Å². The molecule has 0 spiro atoms. The van der Waals surface area contributed by atoms with Crippen LogP contribution in [0.1, 0.15) is 19.8 Å². The summed E-state index contributed by atoms with van der Waals surface area (Å²) >= 11 is 0. The molecule has 1 fully saturated rings. The lowest BCUT2D eigenvalue weighted by Gasteiger charge is -2.13. The molecule has 128 valence electrons. The van der Waals surface area contributed by atoms with Gasteiger partial charge in [0.15, 0.2) is 0 Å². The van der Waals surface area contributed by atoms with Crippen LogP contribution in [-0.4, -0.2) is 38.6 Å². The third-order valence-electron chi connectivity index (χ3n) is 3.30. The Labute approximate surface area is 133 Å². The molecule has 9 heteroatoms. The second kappa shape index (κ2) is 6.79. The van der Waals surface area contributed by atoms with Crippen molar-refractivity contribution in [2.75, 3.05) is 22.3 Å². The van der Waals surface area contributed by atoms with Crippen LogP contribution in [0.5, 0.6) is 0 Å². The van der Waals surface area contributed by atoms with E-state index in [1.807, 2.05) is 0 Å². The molecule has 1 aliphatic heterocycles. The van der Waals surface area contributed by atoms with Crippen LogP contribution in [0.25, 0.3) is 0 Å². The maximum atomic E-state index is 13.1. The van der Waals surface area contributed by atoms with Gasteiger partial charge in [-0.25, -0.2) is 17.2 Å². The van der Waals surface area contributed by atoms with Gasteiger partial charge in [-0.3, -0.25) is 14.8 Å². The summed E-state index contributed by atoms with van der Waals surface area (Å²) in [6.07, 6.45) is -0.0744. The Balaban J connectivity index is 2.01. The van der Waals surface area contributed by atoms with E-state index in [4.69, 9.17) is 0 Å². The summed E-state index contributed by atoms with van der Waals surface area (Å²) in [6.45, 7) is 1.22. The largest absolute Gasteiger partial charge is 0.325 e. The minimum absolute atomic E-state index is 0.00926. The lowest BCUT2D eigenvalue weighted by atomic mass is 10.2. The predicted octanol–water partition coefficient (Wildman–Crippen LogP) is 1.77. The number of benzene rings is 1. The molecule has 3 N–H and O–H groups in total. The minimum atomic E-state index is -3.44. The van der Waals surface area contributed by atoms with Crippen molar-refractivity contribution in [2.24, 2.45) is 0 Å². The van der Waals surface area contributed by atoms with Gasteiger partial charge in [-0.05, 0) is 24.6 Å². The van der Waals surface area contributed by atoms with Crippen LogP contribution < -0.4 is 15.4 Å². The number of amides is 1. The summed E-state index contributed by atoms with van der Waals surface area (Å²) in [5.74, 6) is -3.47. The molecule has 1 heterocycles. The zero-order valence-electron chi connectivity index (χ0n) is 12.6. The second-order valence-corrected chi connectivity index (χ2v) is 7.33. The number of sulfonamides is 1. The minimum Gasteiger partial charge on any atom is -0.325 e. The van der Waals surface area contributed by atoms with Gasteiger partial charge in [-0.1, -0.05) is 13.0 Å². The second-order valence-electron chi connectivity index (χ2n) is 5.48. The molecule has 0 saturated carbocycles. The van der Waals surface area contributed by atoms with E-state index < -0.39 is 40.9 Å². The van der Waals surface area contributed by atoms with Gasteiger partial charge in [0.1, 0.15) is 0 Å². The van der Waals surface area contributed by atoms with Crippen molar-refractivity contribution in [1.82, 2.24) is 5.32 Å². The van der Waals surface area contributed by atoms with Gasteiger partial charge in [0.05, 0.1) is 24.0 Å². The number of nitrogens with one attached hydrogen (secondary N) is 3. The zero-order valence-corrected chi connectivity index (χ0v) is 13.4. The molecule has 1 unspecified atom stereocenters. The van der Waals surface area contributed by atoms with Crippen LogP contribution in [0.15, 0.2) is 24.3 Å². The van der Waals surface area contributed by atoms with E-state index >= 15 is 0 Å². The molecule has 6 nitrogen and oxygen atoms in total. The summed E-state index contributed by atoms with van der Waals surface area (Å²) in [5.41, 5.74) is 0.643. The monoisotopic (exact) mass is 347 g/mol. The molecule has 0 aromatic heterocycles. The van der Waals surface area contributed by atoms with E-state index in [0.717, 1.165) is 0 Å². The highest BCUT2D eigenvalue weighted by atomic mass is 32.2. The summed E-state index contributed by atoms with van der Waals surface area (Å²) < 4.78 is 52.0. The van der Waals surface area contributed by atoms with Gasteiger partial charge in [-0.15, -0.1) is 0 Å². The molecule has 1 atom stereocenters. The molecule has 1 aromatic rings. The number of carbonyl (C=O) groups excluding carboxylic acids is 1. The van der Waals surface area contributed by atoms with E-state index in [1.165, 1.54) is 6.07 Å². The fourth-order valence-corrected chi connectivity index (χ4v) is 3.42. The van der Waals surface area contributed by atoms with Gasteiger partial charge in [0.2, 0.25) is 15.9 Å². The standard InChI is InChI=1S/C14H19F2N3O3S/c1-2-6-23(21,22)19-11-5-3-4-10(7-11)18-13(20)12-8-14(15,16)9-17-12/h3-5,7,12,17,19H,2,6,8-9H2,1H3,(H,18,20). The lowest BCUT2D eigenvalue weighted by Crippen LogP contribution is -2.35. The molecular formula is C14H19F2N3O3S. The zero-order chi connectivity index (χ0) is 17.1. The Morgan fingerprint density at radius 3 is 2.70 bits per heavy atom. The van der Waals surface area contributed by atoms with Crippen LogP contribution in [0.3, 0.4) is 0 Å². The number of hydrogen-bond acceptors (Lipinski definition) is 4. The van der Waals surface area contributed by atoms with Crippen molar-refractivity contribution in [3.8, 4) is 0 Å². The summed E-state index contributed by atoms with van der Waals surface area (Å²) in [7, 11) is -3.44. The number of alkyl halides is 2. The molecule has 1 aliphatic rings. The molecule has 0 bridgehead atoms. The van der Waals surface area contributed by atoms with Crippen molar-refractivity contribution < 1.29 is 22.0 Å². The van der Waals surface area contributed by atoms with Crippen molar-refractivity contribution in [2.45, 2.75) is 31.7 Å². The Bertz CT molecular complexity index is 680. The first-order valence-electron chi connectivity index (χ1n) is 7.23. The van der Waals surface area contributed by atoms with Crippen molar-refractivity contribution in [1.29, 1.82) is 0 Å². The Morgan fingerprint density at radius 2 is 2.09 bits per heavy atom. The quantitative estimate of drug-likeness (QED) is 0.732. The summed E-state index contributed by atoms with van der Waals surface area (Å²) in [4.78, 5) is 12.0. The van der Waals surface area contributed by atoms with Gasteiger partial charge < -0.3 is 5.32 Å². The normalized spacial score (nSPS) is 20.2. The highest BCUT2D eigenvalue weighted by molar-refractivity contribution is 7.92. The highest BCUT2D eigenvalue weighted by Crippen LogP contribution is 2.26. The van der Waals surface area contributed by atoms with Crippen molar-refractivity contribution >= 4 is 27.3 Å². The van der Waals surface area contributed by atoms with E-state index in [0.29, 0.717) is 17.8 Å². The Morgan fingerprint density at radius 1 is 1.39 bits per heavy atom. The topological polar surface area (TPSA) is 87.3 Å². The van der Waals surface area contributed by atoms with Gasteiger partial charge >= 0.3 is 0 Å². The predicted molar refractivity (Wildman–Crippen MR) is 84.1 cm³/mol. The number of carbonyl (C=O) groups is 1. The first kappa shape index (κ1) is 17.6.